The van der Waals surface area contributed by atoms with E-state index in [4.69, 9.17) is 16.7 Å². The lowest BCUT2D eigenvalue weighted by Gasteiger charge is -2.06. The summed E-state index contributed by atoms with van der Waals surface area (Å²) in [6, 6.07) is 3.19. The number of hydrogen-bond donors (Lipinski definition) is 2. The Morgan fingerprint density at radius 2 is 2.10 bits per heavy atom. The Bertz CT molecular complexity index is 631. The first-order chi connectivity index (χ1) is 9.24. The first-order valence-electron chi connectivity index (χ1n) is 5.39. The number of nitro groups is 1. The van der Waals surface area contributed by atoms with Crippen LogP contribution in [0, 0.1) is 10.1 Å². The lowest BCUT2D eigenvalue weighted by Crippen LogP contribution is -2.26. The number of sulfonamides is 1. The van der Waals surface area contributed by atoms with Crippen LogP contribution in [-0.2, 0) is 14.8 Å². The number of hydrogen-bond acceptors (Lipinski definition) is 5. The summed E-state index contributed by atoms with van der Waals surface area (Å²) in [5.74, 6) is -1.05. The summed E-state index contributed by atoms with van der Waals surface area (Å²) in [5.41, 5.74) is -0.636. The van der Waals surface area contributed by atoms with Crippen molar-refractivity contribution in [1.82, 2.24) is 4.72 Å². The van der Waals surface area contributed by atoms with Gasteiger partial charge in [-0.2, -0.15) is 0 Å². The van der Waals surface area contributed by atoms with Gasteiger partial charge in [-0.25, -0.2) is 13.1 Å². The lowest BCUT2D eigenvalue weighted by molar-refractivity contribution is -0.387. The Balaban J connectivity index is 2.92. The molecule has 0 spiro atoms. The van der Waals surface area contributed by atoms with Crippen LogP contribution in [0.4, 0.5) is 5.69 Å². The molecule has 0 fully saturated rings. The molecule has 2 N–H and O–H groups in total. The summed E-state index contributed by atoms with van der Waals surface area (Å²) in [6.07, 6.45) is -0.124. The number of carboxylic acids is 1. The van der Waals surface area contributed by atoms with E-state index in [1.165, 1.54) is 6.07 Å². The minimum absolute atomic E-state index is 0.0431. The van der Waals surface area contributed by atoms with Gasteiger partial charge >= 0.3 is 5.97 Å². The van der Waals surface area contributed by atoms with Gasteiger partial charge in [0.2, 0.25) is 10.0 Å². The van der Waals surface area contributed by atoms with Gasteiger partial charge in [0.15, 0.2) is 4.90 Å². The molecule has 8 nitrogen and oxygen atoms in total. The number of nitrogens with zero attached hydrogens (tertiary/aromatic N) is 1. The van der Waals surface area contributed by atoms with E-state index in [9.17, 15) is 23.3 Å². The average Bonchev–Trinajstić information content (AvgIpc) is 2.34. The van der Waals surface area contributed by atoms with E-state index in [1.54, 1.807) is 0 Å². The molecule has 1 rings (SSSR count). The van der Waals surface area contributed by atoms with Crippen LogP contribution in [0.5, 0.6) is 0 Å². The Morgan fingerprint density at radius 1 is 1.45 bits per heavy atom. The van der Waals surface area contributed by atoms with Crippen molar-refractivity contribution in [2.75, 3.05) is 6.54 Å². The van der Waals surface area contributed by atoms with Gasteiger partial charge in [-0.3, -0.25) is 14.9 Å². The molecule has 0 bridgehead atoms. The third-order valence-corrected chi connectivity index (χ3v) is 4.01. The Labute approximate surface area is 119 Å². The summed E-state index contributed by atoms with van der Waals surface area (Å²) in [7, 11) is -4.09. The fourth-order valence-corrected chi connectivity index (χ4v) is 2.78. The summed E-state index contributed by atoms with van der Waals surface area (Å²) in [6.45, 7) is -0.131. The Morgan fingerprint density at radius 3 is 2.65 bits per heavy atom. The Kier molecular flexibility index (Phi) is 5.43. The zero-order valence-electron chi connectivity index (χ0n) is 10.1. The van der Waals surface area contributed by atoms with Crippen LogP contribution in [0.2, 0.25) is 5.02 Å². The number of carboxylic acid groups (broad SMARTS) is 1. The van der Waals surface area contributed by atoms with Crippen LogP contribution in [0.15, 0.2) is 23.1 Å². The van der Waals surface area contributed by atoms with Gasteiger partial charge in [0.05, 0.1) is 4.92 Å². The highest BCUT2D eigenvalue weighted by atomic mass is 35.5. The lowest BCUT2D eigenvalue weighted by atomic mass is 10.3. The van der Waals surface area contributed by atoms with Crippen molar-refractivity contribution in [3.8, 4) is 0 Å². The van der Waals surface area contributed by atoms with E-state index in [1.807, 2.05) is 0 Å². The minimum atomic E-state index is -4.09. The number of nitrogens with one attached hydrogen (secondary N) is 1. The molecule has 10 heteroatoms. The van der Waals surface area contributed by atoms with Crippen LogP contribution >= 0.6 is 11.6 Å². The van der Waals surface area contributed by atoms with Crippen molar-refractivity contribution in [1.29, 1.82) is 0 Å². The van der Waals surface area contributed by atoms with Gasteiger partial charge < -0.3 is 5.11 Å². The minimum Gasteiger partial charge on any atom is -0.481 e. The van der Waals surface area contributed by atoms with Gasteiger partial charge in [-0.1, -0.05) is 11.6 Å². The van der Waals surface area contributed by atoms with Gasteiger partial charge in [-0.05, 0) is 18.6 Å². The molecule has 0 radical (unpaired) electrons. The number of rotatable bonds is 7. The van der Waals surface area contributed by atoms with Crippen molar-refractivity contribution in [3.05, 3.63) is 33.3 Å². The molecule has 0 saturated carbocycles. The molecule has 0 atom stereocenters. The molecule has 0 heterocycles. The van der Waals surface area contributed by atoms with Crippen molar-refractivity contribution in [2.24, 2.45) is 0 Å². The predicted octanol–water partition coefficient (Wildman–Crippen LogP) is 1.39. The monoisotopic (exact) mass is 322 g/mol. The molecule has 20 heavy (non-hydrogen) atoms. The molecule has 1 aromatic rings. The van der Waals surface area contributed by atoms with E-state index in [2.05, 4.69) is 4.72 Å². The molecule has 1 aromatic carbocycles. The molecular weight excluding hydrogens is 312 g/mol. The molecule has 0 aliphatic carbocycles. The maximum Gasteiger partial charge on any atom is 0.303 e. The topological polar surface area (TPSA) is 127 Å². The molecule has 0 saturated heterocycles. The second-order valence-corrected chi connectivity index (χ2v) is 5.94. The first-order valence-corrected chi connectivity index (χ1v) is 7.25. The van der Waals surface area contributed by atoms with Gasteiger partial charge in [0.1, 0.15) is 0 Å². The summed E-state index contributed by atoms with van der Waals surface area (Å²) < 4.78 is 25.9. The number of carbonyl (C=O) groups is 1. The number of aliphatic carboxylic acids is 1. The average molecular weight is 323 g/mol. The molecule has 0 aromatic heterocycles. The Hall–Kier alpha value is -1.71. The maximum absolute atomic E-state index is 11.9. The first kappa shape index (κ1) is 16.3. The largest absolute Gasteiger partial charge is 0.481 e. The SMILES string of the molecule is O=C(O)CCCNS(=O)(=O)c1ccc(Cl)cc1[N+](=O)[O-]. The van der Waals surface area contributed by atoms with E-state index in [0.29, 0.717) is 0 Å². The zero-order chi connectivity index (χ0) is 15.3. The predicted molar refractivity (Wildman–Crippen MR) is 70.2 cm³/mol. The van der Waals surface area contributed by atoms with Gasteiger partial charge in [-0.15, -0.1) is 0 Å². The molecule has 0 aliphatic rings. The maximum atomic E-state index is 11.9. The third kappa shape index (κ3) is 4.44. The quantitative estimate of drug-likeness (QED) is 0.443. The van der Waals surface area contributed by atoms with Crippen molar-refractivity contribution >= 4 is 33.3 Å². The summed E-state index contributed by atoms with van der Waals surface area (Å²) in [4.78, 5) is 19.7. The van der Waals surface area contributed by atoms with E-state index in [-0.39, 0.29) is 24.4 Å². The fourth-order valence-electron chi connectivity index (χ4n) is 1.38. The van der Waals surface area contributed by atoms with E-state index in [0.717, 1.165) is 12.1 Å². The van der Waals surface area contributed by atoms with Crippen LogP contribution in [0.3, 0.4) is 0 Å². The van der Waals surface area contributed by atoms with Crippen molar-refractivity contribution in [3.63, 3.8) is 0 Å². The second kappa shape index (κ2) is 6.64. The third-order valence-electron chi connectivity index (χ3n) is 2.27. The van der Waals surface area contributed by atoms with Gasteiger partial charge in [0.25, 0.3) is 5.69 Å². The normalized spacial score (nSPS) is 11.2. The summed E-state index contributed by atoms with van der Waals surface area (Å²) in [5, 5.41) is 19.3. The van der Waals surface area contributed by atoms with Crippen LogP contribution in [-0.4, -0.2) is 31.0 Å². The van der Waals surface area contributed by atoms with Crippen LogP contribution < -0.4 is 4.72 Å². The number of nitro benzene ring substituents is 1. The molecule has 0 unspecified atom stereocenters. The molecule has 110 valence electrons. The van der Waals surface area contributed by atoms with Crippen molar-refractivity contribution in [2.45, 2.75) is 17.7 Å². The fraction of sp³-hybridized carbons (Fsp3) is 0.300. The molecule has 0 amide bonds. The zero-order valence-corrected chi connectivity index (χ0v) is 11.6. The highest BCUT2D eigenvalue weighted by molar-refractivity contribution is 7.89. The van der Waals surface area contributed by atoms with Crippen LogP contribution in [0.25, 0.3) is 0 Å². The van der Waals surface area contributed by atoms with E-state index >= 15 is 0 Å². The number of benzene rings is 1. The highest BCUT2D eigenvalue weighted by Crippen LogP contribution is 2.26. The standard InChI is InChI=1S/C10H11ClN2O6S/c11-7-3-4-9(8(6-7)13(16)17)20(18,19)12-5-1-2-10(14)15/h3-4,6,12H,1-2,5H2,(H,14,15). The van der Waals surface area contributed by atoms with E-state index < -0.39 is 31.5 Å². The van der Waals surface area contributed by atoms with Crippen LogP contribution in [0.1, 0.15) is 12.8 Å². The van der Waals surface area contributed by atoms with Gasteiger partial charge in [0, 0.05) is 24.1 Å². The summed E-state index contributed by atoms with van der Waals surface area (Å²) >= 11 is 5.59. The highest BCUT2D eigenvalue weighted by Gasteiger charge is 2.25. The smallest absolute Gasteiger partial charge is 0.303 e. The second-order valence-electron chi connectivity index (χ2n) is 3.76. The molecule has 0 aliphatic heterocycles. The molecular formula is C10H11ClN2O6S. The number of halogens is 1. The van der Waals surface area contributed by atoms with Crippen molar-refractivity contribution < 1.29 is 23.2 Å².